The third-order valence-electron chi connectivity index (χ3n) is 4.00. The van der Waals surface area contributed by atoms with Gasteiger partial charge in [-0.25, -0.2) is 4.79 Å². The van der Waals surface area contributed by atoms with Gasteiger partial charge in [0.05, 0.1) is 18.7 Å². The Morgan fingerprint density at radius 3 is 2.52 bits per heavy atom. The maximum Gasteiger partial charge on any atom is 0.329 e. The molecule has 0 spiro atoms. The molecular weight excluding hydrogens is 322 g/mol. The second kappa shape index (κ2) is 7.08. The van der Waals surface area contributed by atoms with E-state index in [0.717, 1.165) is 12.8 Å². The Balaban J connectivity index is 2.29. The molecule has 1 aromatic rings. The molecule has 1 saturated carbocycles. The number of carboxylic acid groups (broad SMARTS) is 1. The number of amides is 1. The average Bonchev–Trinajstić information content (AvgIpc) is 2.99. The predicted octanol–water partition coefficient (Wildman–Crippen LogP) is 2.87. The number of carbonyl (C=O) groups excluding carboxylic acids is 1. The molecule has 0 aliphatic heterocycles. The molecule has 0 saturated heterocycles. The Kier molecular flexibility index (Phi) is 5.36. The summed E-state index contributed by atoms with van der Waals surface area (Å²) in [6.07, 6.45) is 2.41. The zero-order valence-corrected chi connectivity index (χ0v) is 13.9. The number of ether oxygens (including phenoxy) is 2. The van der Waals surface area contributed by atoms with Crippen molar-refractivity contribution in [1.29, 1.82) is 0 Å². The Morgan fingerprint density at radius 2 is 2.00 bits per heavy atom. The lowest BCUT2D eigenvalue weighted by molar-refractivity contribution is -0.144. The topological polar surface area (TPSA) is 84.9 Å². The zero-order chi connectivity index (χ0) is 17.0. The Hall–Kier alpha value is -1.95. The monoisotopic (exact) mass is 341 g/mol. The van der Waals surface area contributed by atoms with Crippen molar-refractivity contribution in [2.75, 3.05) is 13.7 Å². The zero-order valence-electron chi connectivity index (χ0n) is 13.1. The van der Waals surface area contributed by atoms with Crippen LogP contribution in [-0.2, 0) is 4.79 Å². The summed E-state index contributed by atoms with van der Waals surface area (Å²) in [6.45, 7) is 2.22. The molecular formula is C16H20ClNO5. The molecule has 6 nitrogen and oxygen atoms in total. The number of aliphatic carboxylic acids is 1. The van der Waals surface area contributed by atoms with E-state index in [9.17, 15) is 14.7 Å². The van der Waals surface area contributed by atoms with Crippen LogP contribution in [0, 0.1) is 0 Å². The summed E-state index contributed by atoms with van der Waals surface area (Å²) in [4.78, 5) is 24.0. The van der Waals surface area contributed by atoms with Crippen molar-refractivity contribution in [2.45, 2.75) is 38.1 Å². The summed E-state index contributed by atoms with van der Waals surface area (Å²) in [6, 6.07) is 2.95. The number of hydrogen-bond acceptors (Lipinski definition) is 4. The van der Waals surface area contributed by atoms with Crippen LogP contribution in [0.2, 0.25) is 5.02 Å². The smallest absolute Gasteiger partial charge is 0.329 e. The van der Waals surface area contributed by atoms with Gasteiger partial charge in [0.1, 0.15) is 5.54 Å². The van der Waals surface area contributed by atoms with Gasteiger partial charge in [-0.1, -0.05) is 24.4 Å². The maximum absolute atomic E-state index is 12.5. The Morgan fingerprint density at radius 1 is 1.35 bits per heavy atom. The molecule has 1 amide bonds. The first-order valence-corrected chi connectivity index (χ1v) is 7.87. The lowest BCUT2D eigenvalue weighted by atomic mass is 9.97. The largest absolute Gasteiger partial charge is 0.493 e. The van der Waals surface area contributed by atoms with Gasteiger partial charge in [-0.3, -0.25) is 4.79 Å². The minimum absolute atomic E-state index is 0.239. The SMILES string of the molecule is CCOc1c(Cl)cc(C(=O)NC2(C(=O)O)CCCC2)cc1OC. The highest BCUT2D eigenvalue weighted by Crippen LogP contribution is 2.37. The molecule has 0 radical (unpaired) electrons. The van der Waals surface area contributed by atoms with E-state index in [1.54, 1.807) is 0 Å². The highest BCUT2D eigenvalue weighted by molar-refractivity contribution is 6.32. The summed E-state index contributed by atoms with van der Waals surface area (Å²) in [5.41, 5.74) is -0.960. The van der Waals surface area contributed by atoms with E-state index >= 15 is 0 Å². The fraction of sp³-hybridized carbons (Fsp3) is 0.500. The number of benzene rings is 1. The number of rotatable bonds is 6. The molecule has 2 N–H and O–H groups in total. The van der Waals surface area contributed by atoms with Crippen molar-refractivity contribution < 1.29 is 24.2 Å². The molecule has 0 atom stereocenters. The van der Waals surface area contributed by atoms with Crippen LogP contribution >= 0.6 is 11.6 Å². The number of carbonyl (C=O) groups is 2. The van der Waals surface area contributed by atoms with Crippen LogP contribution in [0.3, 0.4) is 0 Å². The van der Waals surface area contributed by atoms with Gasteiger partial charge < -0.3 is 19.9 Å². The first-order valence-electron chi connectivity index (χ1n) is 7.49. The van der Waals surface area contributed by atoms with Crippen molar-refractivity contribution >= 4 is 23.5 Å². The summed E-state index contributed by atoms with van der Waals surface area (Å²) >= 11 is 6.15. The van der Waals surface area contributed by atoms with Gasteiger partial charge in [-0.05, 0) is 31.9 Å². The van der Waals surface area contributed by atoms with Crippen LogP contribution < -0.4 is 14.8 Å². The second-order valence-corrected chi connectivity index (χ2v) is 5.88. The van der Waals surface area contributed by atoms with E-state index in [0.29, 0.717) is 30.9 Å². The van der Waals surface area contributed by atoms with E-state index in [2.05, 4.69) is 5.32 Å². The lowest BCUT2D eigenvalue weighted by Gasteiger charge is -2.25. The van der Waals surface area contributed by atoms with Crippen molar-refractivity contribution in [3.63, 3.8) is 0 Å². The number of nitrogens with one attached hydrogen (secondary N) is 1. The molecule has 0 bridgehead atoms. The number of methoxy groups -OCH3 is 1. The molecule has 23 heavy (non-hydrogen) atoms. The highest BCUT2D eigenvalue weighted by Gasteiger charge is 2.42. The molecule has 2 rings (SSSR count). The maximum atomic E-state index is 12.5. The van der Waals surface area contributed by atoms with Crippen molar-refractivity contribution in [3.8, 4) is 11.5 Å². The first kappa shape index (κ1) is 17.4. The number of hydrogen-bond donors (Lipinski definition) is 2. The number of halogens is 1. The molecule has 1 aliphatic carbocycles. The summed E-state index contributed by atoms with van der Waals surface area (Å²) in [5.74, 6) is -0.799. The second-order valence-electron chi connectivity index (χ2n) is 5.47. The van der Waals surface area contributed by atoms with Gasteiger partial charge in [0, 0.05) is 5.56 Å². The predicted molar refractivity (Wildman–Crippen MR) is 85.5 cm³/mol. The van der Waals surface area contributed by atoms with Crippen molar-refractivity contribution in [3.05, 3.63) is 22.7 Å². The van der Waals surface area contributed by atoms with Crippen LogP contribution in [0.25, 0.3) is 0 Å². The van der Waals surface area contributed by atoms with E-state index in [-0.39, 0.29) is 10.6 Å². The molecule has 126 valence electrons. The third kappa shape index (κ3) is 3.52. The van der Waals surface area contributed by atoms with E-state index in [4.69, 9.17) is 21.1 Å². The molecule has 7 heteroatoms. The van der Waals surface area contributed by atoms with Gasteiger partial charge in [0.2, 0.25) is 0 Å². The van der Waals surface area contributed by atoms with Gasteiger partial charge in [-0.15, -0.1) is 0 Å². The van der Waals surface area contributed by atoms with E-state index < -0.39 is 17.4 Å². The molecule has 0 aromatic heterocycles. The third-order valence-corrected chi connectivity index (χ3v) is 4.28. The van der Waals surface area contributed by atoms with Gasteiger partial charge in [-0.2, -0.15) is 0 Å². The molecule has 0 unspecified atom stereocenters. The summed E-state index contributed by atoms with van der Waals surface area (Å²) in [5, 5.41) is 12.3. The quantitative estimate of drug-likeness (QED) is 0.831. The van der Waals surface area contributed by atoms with E-state index in [1.807, 2.05) is 6.92 Å². The minimum Gasteiger partial charge on any atom is -0.493 e. The fourth-order valence-electron chi connectivity index (χ4n) is 2.80. The van der Waals surface area contributed by atoms with Gasteiger partial charge in [0.15, 0.2) is 11.5 Å². The minimum atomic E-state index is -1.20. The molecule has 0 heterocycles. The standard InChI is InChI=1S/C16H20ClNO5/c1-3-23-13-11(17)8-10(9-12(13)22-2)14(19)18-16(15(20)21)6-4-5-7-16/h8-9H,3-7H2,1-2H3,(H,18,19)(H,20,21). The van der Waals surface area contributed by atoms with Gasteiger partial charge in [0.25, 0.3) is 5.91 Å². The fourth-order valence-corrected chi connectivity index (χ4v) is 3.06. The number of carboxylic acids is 1. The molecule has 1 fully saturated rings. The Bertz CT molecular complexity index is 611. The first-order chi connectivity index (χ1) is 10.9. The van der Waals surface area contributed by atoms with Crippen LogP contribution in [0.15, 0.2) is 12.1 Å². The van der Waals surface area contributed by atoms with Crippen molar-refractivity contribution in [1.82, 2.24) is 5.32 Å². The van der Waals surface area contributed by atoms with E-state index in [1.165, 1.54) is 19.2 Å². The molecule has 1 aromatic carbocycles. The average molecular weight is 342 g/mol. The van der Waals surface area contributed by atoms with Crippen molar-refractivity contribution in [2.24, 2.45) is 0 Å². The molecule has 1 aliphatic rings. The van der Waals surface area contributed by atoms with Crippen LogP contribution in [0.5, 0.6) is 11.5 Å². The lowest BCUT2D eigenvalue weighted by Crippen LogP contribution is -2.52. The van der Waals surface area contributed by atoms with Crippen LogP contribution in [-0.4, -0.2) is 36.2 Å². The summed E-state index contributed by atoms with van der Waals surface area (Å²) in [7, 11) is 1.45. The summed E-state index contributed by atoms with van der Waals surface area (Å²) < 4.78 is 10.6. The van der Waals surface area contributed by atoms with Gasteiger partial charge >= 0.3 is 5.97 Å². The Labute approximate surface area is 139 Å². The highest BCUT2D eigenvalue weighted by atomic mass is 35.5. The van der Waals surface area contributed by atoms with Crippen LogP contribution in [0.4, 0.5) is 0 Å². The van der Waals surface area contributed by atoms with Crippen LogP contribution in [0.1, 0.15) is 43.0 Å². The normalized spacial score (nSPS) is 16.0.